The molecule has 4 N–H and O–H groups in total. The Hall–Kier alpha value is -1.56. The second-order valence-electron chi connectivity index (χ2n) is 2.77. The highest BCUT2D eigenvalue weighted by molar-refractivity contribution is 9.10. The van der Waals surface area contributed by atoms with Crippen LogP contribution >= 0.6 is 15.9 Å². The Morgan fingerprint density at radius 3 is 2.93 bits per heavy atom. The van der Waals surface area contributed by atoms with Gasteiger partial charge in [0.05, 0.1) is 15.4 Å². The van der Waals surface area contributed by atoms with Gasteiger partial charge < -0.3 is 10.8 Å². The number of nitrogens with two attached hydrogens (primary N) is 1. The number of benzene rings is 1. The number of aromatic nitrogens is 2. The summed E-state index contributed by atoms with van der Waals surface area (Å²) in [5, 5.41) is 15.6. The Morgan fingerprint density at radius 2 is 2.29 bits per heavy atom. The summed E-state index contributed by atoms with van der Waals surface area (Å²) in [6.45, 7) is 0. The quantitative estimate of drug-likeness (QED) is 0.676. The number of aromatic amines is 1. The van der Waals surface area contributed by atoms with Gasteiger partial charge in [-0.1, -0.05) is 0 Å². The number of hydrogen-bond donors (Lipinski definition) is 3. The highest BCUT2D eigenvalue weighted by Gasteiger charge is 2.16. The Labute approximate surface area is 87.0 Å². The molecule has 1 aromatic carbocycles. The minimum Gasteiger partial charge on any atom is -0.476 e. The van der Waals surface area contributed by atoms with Gasteiger partial charge in [0.15, 0.2) is 5.69 Å². The van der Waals surface area contributed by atoms with Crippen molar-refractivity contribution in [3.63, 3.8) is 0 Å². The summed E-state index contributed by atoms with van der Waals surface area (Å²) in [6.07, 6.45) is 0. The maximum Gasteiger partial charge on any atom is 0.357 e. The first-order valence-electron chi connectivity index (χ1n) is 3.76. The number of carboxylic acids is 1. The third kappa shape index (κ3) is 1.15. The van der Waals surface area contributed by atoms with Gasteiger partial charge >= 0.3 is 5.97 Å². The number of H-pyrrole nitrogens is 1. The Balaban J connectivity index is 2.89. The van der Waals surface area contributed by atoms with Gasteiger partial charge in [0.1, 0.15) is 0 Å². The smallest absolute Gasteiger partial charge is 0.357 e. The van der Waals surface area contributed by atoms with Crippen molar-refractivity contribution in [3.05, 3.63) is 22.3 Å². The summed E-state index contributed by atoms with van der Waals surface area (Å²) in [5.74, 6) is -1.08. The summed E-state index contributed by atoms with van der Waals surface area (Å²) < 4.78 is 0.557. The molecule has 0 saturated heterocycles. The largest absolute Gasteiger partial charge is 0.476 e. The van der Waals surface area contributed by atoms with Gasteiger partial charge in [0.2, 0.25) is 0 Å². The molecule has 0 atom stereocenters. The van der Waals surface area contributed by atoms with Crippen LogP contribution in [0.4, 0.5) is 5.69 Å². The van der Waals surface area contributed by atoms with Crippen molar-refractivity contribution in [1.82, 2.24) is 10.2 Å². The van der Waals surface area contributed by atoms with Crippen LogP contribution in [0.25, 0.3) is 10.9 Å². The molecule has 0 bridgehead atoms. The monoisotopic (exact) mass is 255 g/mol. The van der Waals surface area contributed by atoms with E-state index in [9.17, 15) is 4.79 Å². The van der Waals surface area contributed by atoms with Gasteiger partial charge in [0, 0.05) is 5.69 Å². The van der Waals surface area contributed by atoms with E-state index in [0.29, 0.717) is 21.1 Å². The van der Waals surface area contributed by atoms with E-state index in [4.69, 9.17) is 10.8 Å². The fourth-order valence-electron chi connectivity index (χ4n) is 1.24. The van der Waals surface area contributed by atoms with Crippen LogP contribution in [0, 0.1) is 0 Å². The number of nitrogens with one attached hydrogen (secondary N) is 1. The van der Waals surface area contributed by atoms with Crippen LogP contribution in [0.1, 0.15) is 10.5 Å². The van der Waals surface area contributed by atoms with Crippen LogP contribution < -0.4 is 5.73 Å². The number of anilines is 1. The topological polar surface area (TPSA) is 92.0 Å². The fourth-order valence-corrected chi connectivity index (χ4v) is 1.78. The van der Waals surface area contributed by atoms with Crippen molar-refractivity contribution in [3.8, 4) is 0 Å². The standard InChI is InChI=1S/C8H6BrN3O2/c9-6-3(10)1-2-4-5(6)7(8(13)14)12-11-4/h1-2H,10H2,(H,11,12)(H,13,14). The Bertz CT molecular complexity index is 521. The zero-order valence-corrected chi connectivity index (χ0v) is 8.50. The Kier molecular flexibility index (Phi) is 1.92. The molecule has 2 aromatic rings. The highest BCUT2D eigenvalue weighted by Crippen LogP contribution is 2.30. The number of halogens is 1. The van der Waals surface area contributed by atoms with Gasteiger partial charge in [-0.25, -0.2) is 4.79 Å². The van der Waals surface area contributed by atoms with Crippen molar-refractivity contribution in [2.45, 2.75) is 0 Å². The number of nitrogen functional groups attached to an aromatic ring is 1. The minimum atomic E-state index is -1.08. The third-order valence-electron chi connectivity index (χ3n) is 1.90. The molecule has 0 aliphatic rings. The van der Waals surface area contributed by atoms with Gasteiger partial charge in [-0.05, 0) is 28.1 Å². The number of fused-ring (bicyclic) bond motifs is 1. The first kappa shape index (κ1) is 9.01. The SMILES string of the molecule is Nc1ccc2[nH]nc(C(=O)O)c2c1Br. The van der Waals surface area contributed by atoms with Crippen LogP contribution in [-0.4, -0.2) is 21.3 Å². The van der Waals surface area contributed by atoms with Crippen molar-refractivity contribution in [2.24, 2.45) is 0 Å². The normalized spacial score (nSPS) is 10.6. The van der Waals surface area contributed by atoms with Gasteiger partial charge in [0.25, 0.3) is 0 Å². The van der Waals surface area contributed by atoms with Crippen LogP contribution in [0.2, 0.25) is 0 Å². The third-order valence-corrected chi connectivity index (χ3v) is 2.75. The van der Waals surface area contributed by atoms with E-state index in [1.54, 1.807) is 12.1 Å². The molecule has 0 radical (unpaired) electrons. The van der Waals surface area contributed by atoms with Crippen LogP contribution in [0.15, 0.2) is 16.6 Å². The maximum atomic E-state index is 10.8. The number of carbonyl (C=O) groups is 1. The summed E-state index contributed by atoms with van der Waals surface area (Å²) in [7, 11) is 0. The molecule has 0 saturated carbocycles. The molecule has 2 rings (SSSR count). The van der Waals surface area contributed by atoms with E-state index in [1.165, 1.54) is 0 Å². The molecule has 0 unspecified atom stereocenters. The second-order valence-corrected chi connectivity index (χ2v) is 3.56. The number of aromatic carboxylic acids is 1. The first-order chi connectivity index (χ1) is 6.61. The van der Waals surface area contributed by atoms with Gasteiger partial charge in [-0.15, -0.1) is 0 Å². The van der Waals surface area contributed by atoms with E-state index in [2.05, 4.69) is 26.1 Å². The van der Waals surface area contributed by atoms with Crippen molar-refractivity contribution in [1.29, 1.82) is 0 Å². The zero-order chi connectivity index (χ0) is 10.3. The lowest BCUT2D eigenvalue weighted by molar-refractivity contribution is 0.0692. The lowest BCUT2D eigenvalue weighted by atomic mass is 10.2. The molecule has 0 fully saturated rings. The van der Waals surface area contributed by atoms with Crippen LogP contribution in [0.3, 0.4) is 0 Å². The molecule has 1 heterocycles. The molecule has 0 spiro atoms. The summed E-state index contributed by atoms with van der Waals surface area (Å²) in [5.41, 5.74) is 6.73. The van der Waals surface area contributed by atoms with E-state index in [0.717, 1.165) is 0 Å². The van der Waals surface area contributed by atoms with E-state index < -0.39 is 5.97 Å². The zero-order valence-electron chi connectivity index (χ0n) is 6.91. The predicted octanol–water partition coefficient (Wildman–Crippen LogP) is 1.61. The molecule has 72 valence electrons. The summed E-state index contributed by atoms with van der Waals surface area (Å²) in [4.78, 5) is 10.8. The molecule has 14 heavy (non-hydrogen) atoms. The molecule has 6 heteroatoms. The number of carboxylic acid groups (broad SMARTS) is 1. The molecule has 1 aromatic heterocycles. The molecule has 0 amide bonds. The average Bonchev–Trinajstić information content (AvgIpc) is 2.55. The lowest BCUT2D eigenvalue weighted by Crippen LogP contribution is -1.98. The first-order valence-corrected chi connectivity index (χ1v) is 4.56. The number of hydrogen-bond acceptors (Lipinski definition) is 3. The summed E-state index contributed by atoms with van der Waals surface area (Å²) >= 11 is 3.23. The highest BCUT2D eigenvalue weighted by atomic mass is 79.9. The molecule has 0 aliphatic heterocycles. The number of rotatable bonds is 1. The molecular weight excluding hydrogens is 250 g/mol. The predicted molar refractivity (Wildman–Crippen MR) is 55.2 cm³/mol. The second kappa shape index (κ2) is 2.98. The van der Waals surface area contributed by atoms with Crippen LogP contribution in [0.5, 0.6) is 0 Å². The molecule has 5 nitrogen and oxygen atoms in total. The van der Waals surface area contributed by atoms with Gasteiger partial charge in [-0.2, -0.15) is 5.10 Å². The van der Waals surface area contributed by atoms with Crippen molar-refractivity contribution >= 4 is 38.5 Å². The average molecular weight is 256 g/mol. The van der Waals surface area contributed by atoms with E-state index in [-0.39, 0.29) is 5.69 Å². The molecular formula is C8H6BrN3O2. The van der Waals surface area contributed by atoms with E-state index in [1.807, 2.05) is 0 Å². The Morgan fingerprint density at radius 1 is 1.57 bits per heavy atom. The molecule has 0 aliphatic carbocycles. The van der Waals surface area contributed by atoms with Crippen molar-refractivity contribution < 1.29 is 9.90 Å². The summed E-state index contributed by atoms with van der Waals surface area (Å²) in [6, 6.07) is 3.37. The maximum absolute atomic E-state index is 10.8. The lowest BCUT2D eigenvalue weighted by Gasteiger charge is -1.98. The van der Waals surface area contributed by atoms with E-state index >= 15 is 0 Å². The fraction of sp³-hybridized carbons (Fsp3) is 0. The minimum absolute atomic E-state index is 0.0285. The van der Waals surface area contributed by atoms with Crippen molar-refractivity contribution in [2.75, 3.05) is 5.73 Å². The van der Waals surface area contributed by atoms with Gasteiger partial charge in [-0.3, -0.25) is 5.10 Å². The number of nitrogens with zero attached hydrogens (tertiary/aromatic N) is 1. The van der Waals surface area contributed by atoms with Crippen LogP contribution in [-0.2, 0) is 0 Å².